The average molecular weight is 238 g/mol. The number of nitrogens with zero attached hydrogens (tertiary/aromatic N) is 1. The molecule has 2 heterocycles. The maximum atomic E-state index is 11.2. The van der Waals surface area contributed by atoms with Gasteiger partial charge in [0.15, 0.2) is 0 Å². The van der Waals surface area contributed by atoms with Crippen molar-refractivity contribution >= 4 is 17.0 Å². The van der Waals surface area contributed by atoms with Crippen LogP contribution in [0.4, 0.5) is 0 Å². The van der Waals surface area contributed by atoms with Crippen molar-refractivity contribution in [2.45, 2.75) is 0 Å². The number of nitrogens with one attached hydrogen (secondary N) is 1. The Morgan fingerprint density at radius 1 is 1.11 bits per heavy atom. The fourth-order valence-electron chi connectivity index (χ4n) is 2.08. The summed E-state index contributed by atoms with van der Waals surface area (Å²) in [5, 5.41) is 10.1. The minimum Gasteiger partial charge on any atom is -0.478 e. The van der Waals surface area contributed by atoms with E-state index in [1.165, 1.54) is 0 Å². The molecule has 0 radical (unpaired) electrons. The Morgan fingerprint density at radius 2 is 1.94 bits per heavy atom. The van der Waals surface area contributed by atoms with E-state index in [0.29, 0.717) is 11.1 Å². The first-order valence-electron chi connectivity index (χ1n) is 5.52. The third kappa shape index (κ3) is 1.55. The van der Waals surface area contributed by atoms with E-state index < -0.39 is 5.97 Å². The molecular weight excluding hydrogens is 228 g/mol. The third-order valence-electron chi connectivity index (χ3n) is 2.90. The Hall–Kier alpha value is -2.62. The molecule has 2 N–H and O–H groups in total. The number of aromatic nitrogens is 2. The fourth-order valence-corrected chi connectivity index (χ4v) is 2.08. The van der Waals surface area contributed by atoms with Crippen LogP contribution < -0.4 is 0 Å². The van der Waals surface area contributed by atoms with Gasteiger partial charge in [-0.15, -0.1) is 0 Å². The van der Waals surface area contributed by atoms with E-state index in [0.717, 1.165) is 16.6 Å². The van der Waals surface area contributed by atoms with Crippen molar-refractivity contribution in [1.82, 2.24) is 9.97 Å². The molecular formula is C14H10N2O2. The van der Waals surface area contributed by atoms with Crippen molar-refractivity contribution in [2.75, 3.05) is 0 Å². The smallest absolute Gasteiger partial charge is 0.336 e. The van der Waals surface area contributed by atoms with Gasteiger partial charge in [0.1, 0.15) is 5.65 Å². The summed E-state index contributed by atoms with van der Waals surface area (Å²) < 4.78 is 0. The van der Waals surface area contributed by atoms with E-state index in [9.17, 15) is 9.90 Å². The normalized spacial score (nSPS) is 10.7. The van der Waals surface area contributed by atoms with Gasteiger partial charge < -0.3 is 10.1 Å². The number of hydrogen-bond donors (Lipinski definition) is 2. The van der Waals surface area contributed by atoms with Crippen molar-refractivity contribution in [3.63, 3.8) is 0 Å². The van der Waals surface area contributed by atoms with Gasteiger partial charge in [-0.25, -0.2) is 9.78 Å². The fraction of sp³-hybridized carbons (Fsp3) is 0. The lowest BCUT2D eigenvalue weighted by Crippen LogP contribution is -1.98. The van der Waals surface area contributed by atoms with Crippen LogP contribution in [0.2, 0.25) is 0 Å². The number of benzene rings is 1. The average Bonchev–Trinajstić information content (AvgIpc) is 2.82. The van der Waals surface area contributed by atoms with Crippen molar-refractivity contribution in [1.29, 1.82) is 0 Å². The minimum absolute atomic E-state index is 0.294. The molecule has 0 spiro atoms. The first-order chi connectivity index (χ1) is 8.77. The number of aromatic amines is 1. The van der Waals surface area contributed by atoms with Gasteiger partial charge in [0.05, 0.1) is 5.56 Å². The molecule has 0 fully saturated rings. The standard InChI is InChI=1S/C14H10N2O2/c17-14(18)11-5-2-1-4-9(11)12-8-16-13-10(12)6-3-7-15-13/h1-8H,(H,15,16)(H,17,18). The molecule has 3 rings (SSSR count). The van der Waals surface area contributed by atoms with Crippen LogP contribution in [0, 0.1) is 0 Å². The van der Waals surface area contributed by atoms with Crippen LogP contribution in [0.25, 0.3) is 22.2 Å². The molecule has 3 aromatic rings. The molecule has 0 aliphatic carbocycles. The van der Waals surface area contributed by atoms with E-state index in [1.807, 2.05) is 18.2 Å². The number of hydrogen-bond acceptors (Lipinski definition) is 2. The van der Waals surface area contributed by atoms with Crippen molar-refractivity contribution in [2.24, 2.45) is 0 Å². The zero-order valence-corrected chi connectivity index (χ0v) is 9.42. The number of carboxylic acids is 1. The molecule has 4 nitrogen and oxygen atoms in total. The quantitative estimate of drug-likeness (QED) is 0.721. The molecule has 88 valence electrons. The Balaban J connectivity index is 2.30. The second-order valence-electron chi connectivity index (χ2n) is 3.95. The summed E-state index contributed by atoms with van der Waals surface area (Å²) in [4.78, 5) is 18.5. The highest BCUT2D eigenvalue weighted by atomic mass is 16.4. The highest BCUT2D eigenvalue weighted by Gasteiger charge is 2.14. The summed E-state index contributed by atoms with van der Waals surface area (Å²) in [6, 6.07) is 10.7. The zero-order valence-electron chi connectivity index (χ0n) is 9.42. The van der Waals surface area contributed by atoms with Crippen LogP contribution in [-0.2, 0) is 0 Å². The monoisotopic (exact) mass is 238 g/mol. The number of rotatable bonds is 2. The van der Waals surface area contributed by atoms with Crippen LogP contribution in [-0.4, -0.2) is 21.0 Å². The van der Waals surface area contributed by atoms with Gasteiger partial charge in [0.2, 0.25) is 0 Å². The van der Waals surface area contributed by atoms with Gasteiger partial charge in [-0.1, -0.05) is 18.2 Å². The minimum atomic E-state index is -0.927. The molecule has 0 unspecified atom stereocenters. The SMILES string of the molecule is O=C(O)c1ccccc1-c1c[nH]c2ncccc12. The molecule has 0 saturated heterocycles. The predicted octanol–water partition coefficient (Wildman–Crippen LogP) is 2.93. The molecule has 0 aliphatic heterocycles. The van der Waals surface area contributed by atoms with E-state index in [4.69, 9.17) is 0 Å². The zero-order chi connectivity index (χ0) is 12.5. The van der Waals surface area contributed by atoms with Gasteiger partial charge >= 0.3 is 5.97 Å². The molecule has 0 saturated carbocycles. The Kier molecular flexibility index (Phi) is 2.34. The first-order valence-corrected chi connectivity index (χ1v) is 5.52. The van der Waals surface area contributed by atoms with Crippen LogP contribution >= 0.6 is 0 Å². The number of carbonyl (C=O) groups is 1. The number of pyridine rings is 1. The summed E-state index contributed by atoms with van der Waals surface area (Å²) in [6.07, 6.45) is 3.49. The highest BCUT2D eigenvalue weighted by molar-refractivity contribution is 6.02. The van der Waals surface area contributed by atoms with E-state index in [-0.39, 0.29) is 0 Å². The molecule has 0 atom stereocenters. The summed E-state index contributed by atoms with van der Waals surface area (Å²) in [6.45, 7) is 0. The molecule has 0 aliphatic rings. The number of fused-ring (bicyclic) bond motifs is 1. The molecule has 2 aromatic heterocycles. The molecule has 1 aromatic carbocycles. The van der Waals surface area contributed by atoms with Crippen LogP contribution in [0.3, 0.4) is 0 Å². The summed E-state index contributed by atoms with van der Waals surface area (Å²) in [7, 11) is 0. The van der Waals surface area contributed by atoms with Gasteiger partial charge in [-0.05, 0) is 23.8 Å². The number of carboxylic acid groups (broad SMARTS) is 1. The van der Waals surface area contributed by atoms with Gasteiger partial charge in [0.25, 0.3) is 0 Å². The summed E-state index contributed by atoms with van der Waals surface area (Å²) in [5.41, 5.74) is 2.61. The number of aromatic carboxylic acids is 1. The Bertz CT molecular complexity index is 731. The molecule has 4 heteroatoms. The summed E-state index contributed by atoms with van der Waals surface area (Å²) >= 11 is 0. The Morgan fingerprint density at radius 3 is 2.78 bits per heavy atom. The van der Waals surface area contributed by atoms with Crippen LogP contribution in [0.5, 0.6) is 0 Å². The van der Waals surface area contributed by atoms with Gasteiger partial charge in [0, 0.05) is 23.3 Å². The lowest BCUT2D eigenvalue weighted by Gasteiger charge is -2.04. The topological polar surface area (TPSA) is 66.0 Å². The maximum absolute atomic E-state index is 11.2. The van der Waals surface area contributed by atoms with E-state index in [2.05, 4.69) is 9.97 Å². The first kappa shape index (κ1) is 10.5. The predicted molar refractivity (Wildman–Crippen MR) is 68.5 cm³/mol. The third-order valence-corrected chi connectivity index (χ3v) is 2.90. The largest absolute Gasteiger partial charge is 0.478 e. The molecule has 0 bridgehead atoms. The van der Waals surface area contributed by atoms with Crippen molar-refractivity contribution in [3.8, 4) is 11.1 Å². The lowest BCUT2D eigenvalue weighted by atomic mass is 10.00. The van der Waals surface area contributed by atoms with Crippen LogP contribution in [0.1, 0.15) is 10.4 Å². The van der Waals surface area contributed by atoms with Crippen molar-refractivity contribution < 1.29 is 9.90 Å². The lowest BCUT2D eigenvalue weighted by molar-refractivity contribution is 0.0698. The van der Waals surface area contributed by atoms with Crippen LogP contribution in [0.15, 0.2) is 48.8 Å². The van der Waals surface area contributed by atoms with Gasteiger partial charge in [-0.3, -0.25) is 0 Å². The molecule has 18 heavy (non-hydrogen) atoms. The molecule has 0 amide bonds. The van der Waals surface area contributed by atoms with Gasteiger partial charge in [-0.2, -0.15) is 0 Å². The number of H-pyrrole nitrogens is 1. The van der Waals surface area contributed by atoms with E-state index >= 15 is 0 Å². The van der Waals surface area contributed by atoms with E-state index in [1.54, 1.807) is 30.6 Å². The second kappa shape index (κ2) is 4.00. The highest BCUT2D eigenvalue weighted by Crippen LogP contribution is 2.30. The maximum Gasteiger partial charge on any atom is 0.336 e. The Labute approximate surface area is 103 Å². The van der Waals surface area contributed by atoms with Crippen molar-refractivity contribution in [3.05, 3.63) is 54.4 Å². The second-order valence-corrected chi connectivity index (χ2v) is 3.95. The summed E-state index contributed by atoms with van der Waals surface area (Å²) in [5.74, 6) is -0.927.